The van der Waals surface area contributed by atoms with Crippen LogP contribution in [0.4, 0.5) is 23.0 Å². The van der Waals surface area contributed by atoms with Gasteiger partial charge in [0.05, 0.1) is 22.5 Å². The molecule has 12 nitrogen and oxygen atoms in total. The number of amidine groups is 1. The molecule has 0 unspecified atom stereocenters. The van der Waals surface area contributed by atoms with Gasteiger partial charge in [-0.15, -0.1) is 0 Å². The van der Waals surface area contributed by atoms with Crippen LogP contribution in [-0.4, -0.2) is 86.7 Å². The van der Waals surface area contributed by atoms with E-state index in [1.807, 2.05) is 6.92 Å². The van der Waals surface area contributed by atoms with Gasteiger partial charge in [0.25, 0.3) is 5.91 Å². The van der Waals surface area contributed by atoms with Crippen molar-refractivity contribution >= 4 is 44.8 Å². The van der Waals surface area contributed by atoms with E-state index in [2.05, 4.69) is 44.0 Å². The lowest BCUT2D eigenvalue weighted by atomic mass is 10.1. The van der Waals surface area contributed by atoms with Crippen LogP contribution in [0, 0.1) is 6.92 Å². The van der Waals surface area contributed by atoms with Crippen molar-refractivity contribution in [2.24, 2.45) is 10.7 Å². The van der Waals surface area contributed by atoms with Gasteiger partial charge in [0.1, 0.15) is 5.69 Å². The minimum Gasteiger partial charge on any atom is -0.382 e. The molecule has 1 aromatic heterocycles. The topological polar surface area (TPSA) is 149 Å². The Balaban J connectivity index is 1.62. The maximum absolute atomic E-state index is 13.1. The summed E-state index contributed by atoms with van der Waals surface area (Å²) in [6, 6.07) is 11.2. The summed E-state index contributed by atoms with van der Waals surface area (Å²) < 4.78 is 26.1. The van der Waals surface area contributed by atoms with Crippen LogP contribution < -0.4 is 21.3 Å². The van der Waals surface area contributed by atoms with Crippen molar-refractivity contribution in [3.05, 3.63) is 78.3 Å². The maximum atomic E-state index is 13.1. The molecule has 0 radical (unpaired) electrons. The number of sulfonamides is 1. The number of anilines is 3. The van der Waals surface area contributed by atoms with Crippen LogP contribution in [0.1, 0.15) is 28.0 Å². The Labute approximate surface area is 247 Å². The van der Waals surface area contributed by atoms with E-state index in [4.69, 9.17) is 10.7 Å². The zero-order chi connectivity index (χ0) is 30.4. The quantitative estimate of drug-likeness (QED) is 0.252. The van der Waals surface area contributed by atoms with Gasteiger partial charge >= 0.3 is 0 Å². The van der Waals surface area contributed by atoms with Gasteiger partial charge in [-0.05, 0) is 69.0 Å². The van der Waals surface area contributed by atoms with Gasteiger partial charge in [0, 0.05) is 45.0 Å². The standard InChI is InChI=1S/C29H37N9O3S/c1-6-31-25-19-32-29(38-14-8-13-37(5)15-16-38)35-26(25)27(30)34-24-17-21(12-11-20(24)2)28(39)33-22-9-7-10-23(18-22)42(40,41)36(3)4/h6-7,9-12,17-19,31H,1,8,13-16H2,2-5H3,(H2,30,34)(H,33,39). The second kappa shape index (κ2) is 13.1. The molecule has 222 valence electrons. The number of rotatable bonds is 9. The molecule has 0 aliphatic carbocycles. The first-order valence-electron chi connectivity index (χ1n) is 13.5. The Morgan fingerprint density at radius 2 is 1.93 bits per heavy atom. The van der Waals surface area contributed by atoms with Crippen molar-refractivity contribution in [1.82, 2.24) is 19.2 Å². The van der Waals surface area contributed by atoms with Crippen LogP contribution >= 0.6 is 0 Å². The SMILES string of the molecule is C=CNc1cnc(N2CCCN(C)CC2)nc1C(N)=Nc1cc(C(=O)Nc2cccc(S(=O)(=O)N(C)C)c2)ccc1C. The lowest BCUT2D eigenvalue weighted by molar-refractivity contribution is 0.102. The highest BCUT2D eigenvalue weighted by atomic mass is 32.2. The molecule has 0 atom stereocenters. The van der Waals surface area contributed by atoms with Crippen molar-refractivity contribution in [2.75, 3.05) is 62.9 Å². The highest BCUT2D eigenvalue weighted by molar-refractivity contribution is 7.89. The van der Waals surface area contributed by atoms with E-state index in [-0.39, 0.29) is 10.7 Å². The van der Waals surface area contributed by atoms with E-state index < -0.39 is 15.9 Å². The number of nitrogens with one attached hydrogen (secondary N) is 2. The van der Waals surface area contributed by atoms with Crippen LogP contribution in [0.3, 0.4) is 0 Å². The van der Waals surface area contributed by atoms with Gasteiger partial charge in [-0.25, -0.2) is 27.7 Å². The number of benzene rings is 2. The van der Waals surface area contributed by atoms with E-state index in [9.17, 15) is 13.2 Å². The molecule has 0 saturated carbocycles. The van der Waals surface area contributed by atoms with Gasteiger partial charge in [0.2, 0.25) is 16.0 Å². The molecule has 1 saturated heterocycles. The average molecular weight is 592 g/mol. The molecule has 1 amide bonds. The minimum absolute atomic E-state index is 0.0765. The summed E-state index contributed by atoms with van der Waals surface area (Å²) >= 11 is 0. The van der Waals surface area contributed by atoms with Crippen LogP contribution in [0.15, 0.2) is 71.3 Å². The number of aliphatic imine (C=N–C) groups is 1. The third-order valence-electron chi connectivity index (χ3n) is 6.86. The van der Waals surface area contributed by atoms with E-state index in [0.29, 0.717) is 34.3 Å². The van der Waals surface area contributed by atoms with Crippen LogP contribution in [0.2, 0.25) is 0 Å². The Kier molecular flexibility index (Phi) is 9.55. The number of aromatic nitrogens is 2. The first-order valence-corrected chi connectivity index (χ1v) is 14.9. The molecule has 4 rings (SSSR count). The second-order valence-electron chi connectivity index (χ2n) is 10.2. The minimum atomic E-state index is -3.65. The first kappa shape index (κ1) is 30.6. The highest BCUT2D eigenvalue weighted by Crippen LogP contribution is 2.25. The maximum Gasteiger partial charge on any atom is 0.255 e. The van der Waals surface area contributed by atoms with Crippen molar-refractivity contribution < 1.29 is 13.2 Å². The molecule has 0 spiro atoms. The number of hydrogen-bond acceptors (Lipinski definition) is 9. The van der Waals surface area contributed by atoms with Crippen LogP contribution in [0.5, 0.6) is 0 Å². The molecular formula is C29H37N9O3S. The van der Waals surface area contributed by atoms with Crippen LogP contribution in [0.25, 0.3) is 0 Å². The number of nitrogens with two attached hydrogens (primary N) is 1. The zero-order valence-electron chi connectivity index (χ0n) is 24.3. The summed E-state index contributed by atoms with van der Waals surface area (Å²) in [6.07, 6.45) is 4.18. The average Bonchev–Trinajstić information content (AvgIpc) is 3.18. The smallest absolute Gasteiger partial charge is 0.255 e. The number of amides is 1. The van der Waals surface area contributed by atoms with Crippen molar-refractivity contribution in [2.45, 2.75) is 18.2 Å². The monoisotopic (exact) mass is 591 g/mol. The molecule has 0 bridgehead atoms. The number of carbonyl (C=O) groups is 1. The Morgan fingerprint density at radius 3 is 2.67 bits per heavy atom. The normalized spacial score (nSPS) is 14.9. The first-order chi connectivity index (χ1) is 20.0. The highest BCUT2D eigenvalue weighted by Gasteiger charge is 2.20. The summed E-state index contributed by atoms with van der Waals surface area (Å²) in [7, 11) is 1.35. The third kappa shape index (κ3) is 7.11. The largest absolute Gasteiger partial charge is 0.382 e. The number of nitrogens with zero attached hydrogens (tertiary/aromatic N) is 6. The fourth-order valence-electron chi connectivity index (χ4n) is 4.38. The molecule has 1 aliphatic rings. The van der Waals surface area contributed by atoms with E-state index in [0.717, 1.165) is 42.5 Å². The van der Waals surface area contributed by atoms with Gasteiger partial charge < -0.3 is 26.2 Å². The number of aryl methyl sites for hydroxylation is 1. The second-order valence-corrected chi connectivity index (χ2v) is 12.3. The van der Waals surface area contributed by atoms with Gasteiger partial charge in [-0.1, -0.05) is 18.7 Å². The van der Waals surface area contributed by atoms with E-state index in [1.165, 1.54) is 32.4 Å². The number of likely N-dealkylation sites (N-methyl/N-ethyl adjacent to an activating group) is 1. The third-order valence-corrected chi connectivity index (χ3v) is 8.67. The lowest BCUT2D eigenvalue weighted by Gasteiger charge is -2.21. The van der Waals surface area contributed by atoms with Gasteiger partial charge in [-0.2, -0.15) is 0 Å². The summed E-state index contributed by atoms with van der Waals surface area (Å²) in [4.78, 5) is 31.6. The van der Waals surface area contributed by atoms with Crippen molar-refractivity contribution in [3.63, 3.8) is 0 Å². The van der Waals surface area contributed by atoms with Gasteiger partial charge in [-0.3, -0.25) is 4.79 Å². The molecule has 42 heavy (non-hydrogen) atoms. The molecule has 2 aromatic carbocycles. The van der Waals surface area contributed by atoms with Crippen molar-refractivity contribution in [1.29, 1.82) is 0 Å². The molecule has 3 aromatic rings. The van der Waals surface area contributed by atoms with Gasteiger partial charge in [0.15, 0.2) is 5.84 Å². The fraction of sp³-hybridized carbons (Fsp3) is 0.310. The van der Waals surface area contributed by atoms with E-state index in [1.54, 1.807) is 36.5 Å². The number of carbonyl (C=O) groups excluding carboxylic acids is 1. The van der Waals surface area contributed by atoms with Crippen LogP contribution in [-0.2, 0) is 10.0 Å². The zero-order valence-corrected chi connectivity index (χ0v) is 25.1. The summed E-state index contributed by atoms with van der Waals surface area (Å²) in [5, 5.41) is 5.79. The summed E-state index contributed by atoms with van der Waals surface area (Å²) in [5.41, 5.74) is 9.46. The Bertz CT molecular complexity index is 1610. The van der Waals surface area contributed by atoms with E-state index >= 15 is 0 Å². The predicted octanol–water partition coefficient (Wildman–Crippen LogP) is 3.02. The molecular weight excluding hydrogens is 554 g/mol. The predicted molar refractivity (Wildman–Crippen MR) is 167 cm³/mol. The molecule has 1 aliphatic heterocycles. The molecule has 13 heteroatoms. The van der Waals surface area contributed by atoms with Crippen molar-refractivity contribution in [3.8, 4) is 0 Å². The Hall–Kier alpha value is -4.33. The summed E-state index contributed by atoms with van der Waals surface area (Å²) in [6.45, 7) is 9.13. The number of hydrogen-bond donors (Lipinski definition) is 3. The lowest BCUT2D eigenvalue weighted by Crippen LogP contribution is -2.31. The molecule has 1 fully saturated rings. The summed E-state index contributed by atoms with van der Waals surface area (Å²) in [5.74, 6) is 0.294. The fourth-order valence-corrected chi connectivity index (χ4v) is 5.33. The Morgan fingerprint density at radius 1 is 1.14 bits per heavy atom. The molecule has 4 N–H and O–H groups in total. The molecule has 2 heterocycles.